The Morgan fingerprint density at radius 2 is 1.87 bits per heavy atom. The molecule has 1 aliphatic rings. The van der Waals surface area contributed by atoms with Crippen molar-refractivity contribution in [2.24, 2.45) is 0 Å². The Labute approximate surface area is 175 Å². The van der Waals surface area contributed by atoms with E-state index in [1.807, 2.05) is 13.0 Å². The summed E-state index contributed by atoms with van der Waals surface area (Å²) in [7, 11) is -3.96. The molecule has 158 valence electrons. The molecular weight excluding hydrogens is 404 g/mol. The maximum atomic E-state index is 13.3. The van der Waals surface area contributed by atoms with Crippen LogP contribution in [-0.2, 0) is 27.6 Å². The first kappa shape index (κ1) is 20.4. The molecule has 8 heteroatoms. The van der Waals surface area contributed by atoms with Crippen molar-refractivity contribution in [1.29, 1.82) is 0 Å². The van der Waals surface area contributed by atoms with Crippen LogP contribution in [0.3, 0.4) is 0 Å². The number of rotatable bonds is 4. The van der Waals surface area contributed by atoms with Gasteiger partial charge in [-0.3, -0.25) is 0 Å². The van der Waals surface area contributed by atoms with Crippen molar-refractivity contribution in [3.8, 4) is 0 Å². The fourth-order valence-corrected chi connectivity index (χ4v) is 5.02. The van der Waals surface area contributed by atoms with Crippen molar-refractivity contribution in [3.63, 3.8) is 0 Å². The second-order valence-corrected chi connectivity index (χ2v) is 10.4. The number of furan rings is 1. The summed E-state index contributed by atoms with van der Waals surface area (Å²) in [6.45, 7) is 7.18. The van der Waals surface area contributed by atoms with Crippen LogP contribution in [0.5, 0.6) is 0 Å². The second-order valence-electron chi connectivity index (χ2n) is 8.60. The molecule has 0 bridgehead atoms. The van der Waals surface area contributed by atoms with E-state index in [9.17, 15) is 13.2 Å². The third-order valence-electron chi connectivity index (χ3n) is 5.10. The number of aromatic nitrogens is 2. The topological polar surface area (TPSA) is 91.4 Å². The molecule has 0 radical (unpaired) electrons. The number of nitrogens with zero attached hydrogens (tertiary/aromatic N) is 2. The molecule has 0 saturated carbocycles. The minimum absolute atomic E-state index is 0.0115. The summed E-state index contributed by atoms with van der Waals surface area (Å²) in [6.07, 6.45) is 4.17. The van der Waals surface area contributed by atoms with Gasteiger partial charge < -0.3 is 9.15 Å². The zero-order valence-corrected chi connectivity index (χ0v) is 18.2. The zero-order chi connectivity index (χ0) is 21.7. The van der Waals surface area contributed by atoms with Crippen LogP contribution in [0.1, 0.15) is 59.6 Å². The Bertz CT molecular complexity index is 1180. The smallest absolute Gasteiger partial charge is 0.359 e. The molecule has 7 nitrogen and oxygen atoms in total. The first-order valence-electron chi connectivity index (χ1n) is 9.75. The number of fused-ring (bicyclic) bond motifs is 1. The first-order valence-corrected chi connectivity index (χ1v) is 11.2. The van der Waals surface area contributed by atoms with E-state index in [-0.39, 0.29) is 16.5 Å². The average molecular weight is 429 g/mol. The summed E-state index contributed by atoms with van der Waals surface area (Å²) < 4.78 is 38.4. The Morgan fingerprint density at radius 3 is 2.47 bits per heavy atom. The minimum atomic E-state index is -3.96. The Balaban J connectivity index is 1.81. The van der Waals surface area contributed by atoms with Crippen LogP contribution in [0.2, 0.25) is 0 Å². The molecule has 0 fully saturated rings. The summed E-state index contributed by atoms with van der Waals surface area (Å²) in [5.41, 5.74) is 2.39. The van der Waals surface area contributed by atoms with Gasteiger partial charge in [0.15, 0.2) is 5.69 Å². The van der Waals surface area contributed by atoms with Crippen LogP contribution in [0.25, 0.3) is 0 Å². The largest absolute Gasteiger partial charge is 0.472 e. The highest BCUT2D eigenvalue weighted by atomic mass is 32.2. The highest BCUT2D eigenvalue weighted by Crippen LogP contribution is 2.38. The lowest BCUT2D eigenvalue weighted by Crippen LogP contribution is -2.25. The van der Waals surface area contributed by atoms with Gasteiger partial charge >= 0.3 is 5.97 Å². The molecule has 2 heterocycles. The number of ether oxygens (including phenoxy) is 1. The Hall–Kier alpha value is -2.87. The molecule has 0 aliphatic heterocycles. The summed E-state index contributed by atoms with van der Waals surface area (Å²) in [5, 5.41) is 4.23. The van der Waals surface area contributed by atoms with E-state index in [4.69, 9.17) is 9.15 Å². The summed E-state index contributed by atoms with van der Waals surface area (Å²) in [6, 6.07) is 8.43. The molecule has 0 N–H and O–H groups in total. The van der Waals surface area contributed by atoms with E-state index in [0.717, 1.165) is 15.2 Å². The maximum Gasteiger partial charge on any atom is 0.359 e. The SMILES string of the molecule is Cc1ccc(S(=O)(=O)n2nc(C(=O)OC(C)(C)C)c3c2CC(c2ccoc2)C3)cc1. The van der Waals surface area contributed by atoms with E-state index < -0.39 is 21.6 Å². The number of carbonyl (C=O) groups excluding carboxylic acids is 1. The molecule has 2 aromatic heterocycles. The Morgan fingerprint density at radius 1 is 1.17 bits per heavy atom. The van der Waals surface area contributed by atoms with Gasteiger partial charge in [-0.15, -0.1) is 5.10 Å². The molecule has 1 atom stereocenters. The molecule has 0 saturated heterocycles. The van der Waals surface area contributed by atoms with E-state index in [2.05, 4.69) is 5.10 Å². The third-order valence-corrected chi connectivity index (χ3v) is 6.72. The minimum Gasteiger partial charge on any atom is -0.472 e. The fraction of sp³-hybridized carbons (Fsp3) is 0.364. The highest BCUT2D eigenvalue weighted by molar-refractivity contribution is 7.89. The highest BCUT2D eigenvalue weighted by Gasteiger charge is 2.38. The normalized spacial score (nSPS) is 16.5. The van der Waals surface area contributed by atoms with Gasteiger partial charge in [-0.1, -0.05) is 17.7 Å². The van der Waals surface area contributed by atoms with Crippen molar-refractivity contribution in [2.45, 2.75) is 57.0 Å². The van der Waals surface area contributed by atoms with Gasteiger partial charge in [-0.05, 0) is 70.2 Å². The molecule has 0 spiro atoms. The van der Waals surface area contributed by atoms with Crippen molar-refractivity contribution in [1.82, 2.24) is 9.19 Å². The second kappa shape index (κ2) is 7.12. The fourth-order valence-electron chi connectivity index (χ4n) is 3.67. The van der Waals surface area contributed by atoms with Gasteiger partial charge in [-0.2, -0.15) is 12.5 Å². The van der Waals surface area contributed by atoms with Crippen molar-refractivity contribution < 1.29 is 22.4 Å². The third kappa shape index (κ3) is 3.67. The first-order chi connectivity index (χ1) is 14.1. The van der Waals surface area contributed by atoms with Gasteiger partial charge in [0.2, 0.25) is 0 Å². The van der Waals surface area contributed by atoms with Crippen molar-refractivity contribution in [2.75, 3.05) is 0 Å². The molecule has 30 heavy (non-hydrogen) atoms. The lowest BCUT2D eigenvalue weighted by Gasteiger charge is -2.19. The molecule has 3 aromatic rings. The zero-order valence-electron chi connectivity index (χ0n) is 17.4. The van der Waals surface area contributed by atoms with E-state index in [1.165, 1.54) is 0 Å². The van der Waals surface area contributed by atoms with E-state index in [1.54, 1.807) is 57.6 Å². The van der Waals surface area contributed by atoms with Gasteiger partial charge in [-0.25, -0.2) is 4.79 Å². The van der Waals surface area contributed by atoms with Crippen LogP contribution < -0.4 is 0 Å². The molecule has 1 aliphatic carbocycles. The van der Waals surface area contributed by atoms with Gasteiger partial charge in [0.1, 0.15) is 5.60 Å². The average Bonchev–Trinajstić information content (AvgIpc) is 3.36. The molecule has 4 rings (SSSR count). The quantitative estimate of drug-likeness (QED) is 0.586. The number of aryl methyl sites for hydroxylation is 1. The van der Waals surface area contributed by atoms with Gasteiger partial charge in [0, 0.05) is 5.56 Å². The van der Waals surface area contributed by atoms with Crippen LogP contribution >= 0.6 is 0 Å². The van der Waals surface area contributed by atoms with E-state index in [0.29, 0.717) is 24.1 Å². The van der Waals surface area contributed by atoms with Crippen LogP contribution in [-0.4, -0.2) is 29.2 Å². The summed E-state index contributed by atoms with van der Waals surface area (Å²) in [4.78, 5) is 12.9. The van der Waals surface area contributed by atoms with E-state index >= 15 is 0 Å². The standard InChI is InChI=1S/C22H24N2O5S/c1-14-5-7-17(8-6-14)30(26,27)24-19-12-16(15-9-10-28-13-15)11-18(19)20(23-24)21(25)29-22(2,3)4/h5-10,13,16H,11-12H2,1-4H3. The molecule has 1 aromatic carbocycles. The molecule has 1 unspecified atom stereocenters. The monoisotopic (exact) mass is 428 g/mol. The number of esters is 1. The number of hydrogen-bond acceptors (Lipinski definition) is 6. The summed E-state index contributed by atoms with van der Waals surface area (Å²) >= 11 is 0. The lowest BCUT2D eigenvalue weighted by atomic mass is 9.99. The maximum absolute atomic E-state index is 13.3. The van der Waals surface area contributed by atoms with Gasteiger partial charge in [0.05, 0.1) is 23.1 Å². The van der Waals surface area contributed by atoms with Crippen LogP contribution in [0.4, 0.5) is 0 Å². The van der Waals surface area contributed by atoms with Crippen LogP contribution in [0.15, 0.2) is 52.2 Å². The predicted octanol–water partition coefficient (Wildman–Crippen LogP) is 3.86. The number of hydrogen-bond donors (Lipinski definition) is 0. The number of benzene rings is 1. The summed E-state index contributed by atoms with van der Waals surface area (Å²) in [5.74, 6) is -0.609. The Kier molecular flexibility index (Phi) is 4.85. The number of carbonyl (C=O) groups is 1. The molecular formula is C22H24N2O5S. The predicted molar refractivity (Wildman–Crippen MR) is 110 cm³/mol. The molecule has 0 amide bonds. The van der Waals surface area contributed by atoms with Gasteiger partial charge in [0.25, 0.3) is 10.0 Å². The van der Waals surface area contributed by atoms with Crippen molar-refractivity contribution in [3.05, 3.63) is 70.9 Å². The van der Waals surface area contributed by atoms with Crippen LogP contribution in [0, 0.1) is 6.92 Å². The lowest BCUT2D eigenvalue weighted by molar-refractivity contribution is 0.00614. The van der Waals surface area contributed by atoms with Crippen molar-refractivity contribution >= 4 is 16.0 Å².